The van der Waals surface area contributed by atoms with Gasteiger partial charge in [-0.1, -0.05) is 31.9 Å². The lowest BCUT2D eigenvalue weighted by Gasteiger charge is -2.27. The quantitative estimate of drug-likeness (QED) is 0.835. The summed E-state index contributed by atoms with van der Waals surface area (Å²) in [4.78, 5) is 0. The lowest BCUT2D eigenvalue weighted by Crippen LogP contribution is -2.21. The molecule has 2 N–H and O–H groups in total. The van der Waals surface area contributed by atoms with Crippen molar-refractivity contribution in [1.82, 2.24) is 0 Å². The number of aliphatic hydroxyl groups excluding tert-OH is 1. The summed E-state index contributed by atoms with van der Waals surface area (Å²) >= 11 is 0. The fourth-order valence-corrected chi connectivity index (χ4v) is 2.79. The first-order valence-corrected chi connectivity index (χ1v) is 6.71. The standard InChI is InChI=1S/C15H23NO/c1-12-4-2-5-13(8-12)10-16-15-7-3-6-14(9-15)11-17/h3,6-7,9,12-13,16-17H,2,4-5,8,10-11H2,1H3. The second-order valence-electron chi connectivity index (χ2n) is 5.38. The van der Waals surface area contributed by atoms with E-state index in [9.17, 15) is 0 Å². The highest BCUT2D eigenvalue weighted by Crippen LogP contribution is 2.28. The molecule has 0 amide bonds. The maximum Gasteiger partial charge on any atom is 0.0682 e. The zero-order chi connectivity index (χ0) is 12.1. The van der Waals surface area contributed by atoms with E-state index < -0.39 is 0 Å². The highest BCUT2D eigenvalue weighted by atomic mass is 16.3. The minimum absolute atomic E-state index is 0.121. The molecule has 94 valence electrons. The molecule has 0 bridgehead atoms. The molecule has 2 unspecified atom stereocenters. The molecule has 0 aromatic heterocycles. The molecule has 0 saturated heterocycles. The Hall–Kier alpha value is -1.02. The predicted molar refractivity (Wildman–Crippen MR) is 72.0 cm³/mol. The van der Waals surface area contributed by atoms with Crippen molar-refractivity contribution in [3.05, 3.63) is 29.8 Å². The first-order valence-electron chi connectivity index (χ1n) is 6.71. The predicted octanol–water partition coefficient (Wildman–Crippen LogP) is 3.42. The Morgan fingerprint density at radius 2 is 2.24 bits per heavy atom. The van der Waals surface area contributed by atoms with E-state index in [0.717, 1.165) is 29.6 Å². The van der Waals surface area contributed by atoms with Crippen LogP contribution in [0, 0.1) is 11.8 Å². The second-order valence-corrected chi connectivity index (χ2v) is 5.38. The van der Waals surface area contributed by atoms with Crippen molar-refractivity contribution >= 4 is 5.69 Å². The van der Waals surface area contributed by atoms with Gasteiger partial charge in [0.1, 0.15) is 0 Å². The molecule has 0 radical (unpaired) electrons. The van der Waals surface area contributed by atoms with Crippen molar-refractivity contribution < 1.29 is 5.11 Å². The van der Waals surface area contributed by atoms with E-state index in [-0.39, 0.29) is 6.61 Å². The molecule has 2 heteroatoms. The molecule has 2 rings (SSSR count). The van der Waals surface area contributed by atoms with Crippen LogP contribution in [0.25, 0.3) is 0 Å². The van der Waals surface area contributed by atoms with Crippen molar-refractivity contribution in [3.8, 4) is 0 Å². The monoisotopic (exact) mass is 233 g/mol. The molecule has 0 aliphatic heterocycles. The molecule has 17 heavy (non-hydrogen) atoms. The fraction of sp³-hybridized carbons (Fsp3) is 0.600. The first-order chi connectivity index (χ1) is 8.28. The summed E-state index contributed by atoms with van der Waals surface area (Å²) in [5.74, 6) is 1.70. The van der Waals surface area contributed by atoms with E-state index in [4.69, 9.17) is 5.11 Å². The van der Waals surface area contributed by atoms with Gasteiger partial charge in [-0.15, -0.1) is 0 Å². The number of anilines is 1. The topological polar surface area (TPSA) is 32.3 Å². The van der Waals surface area contributed by atoms with E-state index in [0.29, 0.717) is 0 Å². The van der Waals surface area contributed by atoms with E-state index in [1.165, 1.54) is 25.7 Å². The summed E-state index contributed by atoms with van der Waals surface area (Å²) in [7, 11) is 0. The van der Waals surface area contributed by atoms with Gasteiger partial charge in [-0.25, -0.2) is 0 Å². The van der Waals surface area contributed by atoms with Gasteiger partial charge in [-0.2, -0.15) is 0 Å². The highest BCUT2D eigenvalue weighted by molar-refractivity contribution is 5.45. The zero-order valence-corrected chi connectivity index (χ0v) is 10.7. The minimum Gasteiger partial charge on any atom is -0.392 e. The van der Waals surface area contributed by atoms with Gasteiger partial charge in [0.25, 0.3) is 0 Å². The molecule has 2 nitrogen and oxygen atoms in total. The van der Waals surface area contributed by atoms with Gasteiger partial charge in [0.05, 0.1) is 6.61 Å². The summed E-state index contributed by atoms with van der Waals surface area (Å²) < 4.78 is 0. The summed E-state index contributed by atoms with van der Waals surface area (Å²) in [6, 6.07) is 8.06. The third-order valence-corrected chi connectivity index (χ3v) is 3.75. The van der Waals surface area contributed by atoms with Crippen LogP contribution in [0.4, 0.5) is 5.69 Å². The summed E-state index contributed by atoms with van der Waals surface area (Å²) in [5, 5.41) is 12.6. The van der Waals surface area contributed by atoms with Crippen LogP contribution in [-0.2, 0) is 6.61 Å². The number of nitrogens with one attached hydrogen (secondary N) is 1. The van der Waals surface area contributed by atoms with Crippen LogP contribution in [0.3, 0.4) is 0 Å². The fourth-order valence-electron chi connectivity index (χ4n) is 2.79. The van der Waals surface area contributed by atoms with Crippen LogP contribution in [0.2, 0.25) is 0 Å². The molecule has 0 heterocycles. The molecular weight excluding hydrogens is 210 g/mol. The Morgan fingerprint density at radius 3 is 3.00 bits per heavy atom. The van der Waals surface area contributed by atoms with Crippen LogP contribution in [0.15, 0.2) is 24.3 Å². The number of rotatable bonds is 4. The largest absolute Gasteiger partial charge is 0.392 e. The van der Waals surface area contributed by atoms with E-state index in [1.54, 1.807) is 0 Å². The van der Waals surface area contributed by atoms with Gasteiger partial charge in [0.15, 0.2) is 0 Å². The average molecular weight is 233 g/mol. The van der Waals surface area contributed by atoms with Crippen molar-refractivity contribution in [2.24, 2.45) is 11.8 Å². The van der Waals surface area contributed by atoms with Crippen molar-refractivity contribution in [2.45, 2.75) is 39.2 Å². The molecular formula is C15H23NO. The van der Waals surface area contributed by atoms with Gasteiger partial charge in [0.2, 0.25) is 0 Å². The molecule has 1 saturated carbocycles. The molecule has 1 aliphatic rings. The van der Waals surface area contributed by atoms with Gasteiger partial charge >= 0.3 is 0 Å². The van der Waals surface area contributed by atoms with E-state index in [1.807, 2.05) is 18.2 Å². The van der Waals surface area contributed by atoms with Gasteiger partial charge in [0, 0.05) is 12.2 Å². The highest BCUT2D eigenvalue weighted by Gasteiger charge is 2.18. The third-order valence-electron chi connectivity index (χ3n) is 3.75. The van der Waals surface area contributed by atoms with Crippen LogP contribution in [-0.4, -0.2) is 11.7 Å². The lowest BCUT2D eigenvalue weighted by atomic mass is 9.82. The van der Waals surface area contributed by atoms with Gasteiger partial charge in [-0.05, 0) is 42.4 Å². The summed E-state index contributed by atoms with van der Waals surface area (Å²) in [6.07, 6.45) is 5.49. The SMILES string of the molecule is CC1CCCC(CNc2cccc(CO)c2)C1. The Morgan fingerprint density at radius 1 is 1.35 bits per heavy atom. The van der Waals surface area contributed by atoms with Gasteiger partial charge in [-0.3, -0.25) is 0 Å². The van der Waals surface area contributed by atoms with Crippen LogP contribution >= 0.6 is 0 Å². The maximum atomic E-state index is 9.09. The maximum absolute atomic E-state index is 9.09. The normalized spacial score (nSPS) is 24.6. The lowest BCUT2D eigenvalue weighted by molar-refractivity contribution is 0.282. The first kappa shape index (κ1) is 12.4. The van der Waals surface area contributed by atoms with Crippen LogP contribution < -0.4 is 5.32 Å². The van der Waals surface area contributed by atoms with Crippen molar-refractivity contribution in [2.75, 3.05) is 11.9 Å². The Kier molecular flexibility index (Phi) is 4.43. The molecule has 1 aliphatic carbocycles. The number of benzene rings is 1. The summed E-state index contributed by atoms with van der Waals surface area (Å²) in [5.41, 5.74) is 2.11. The Labute approximate surface area is 104 Å². The van der Waals surface area contributed by atoms with E-state index in [2.05, 4.69) is 18.3 Å². The van der Waals surface area contributed by atoms with Crippen molar-refractivity contribution in [3.63, 3.8) is 0 Å². The van der Waals surface area contributed by atoms with E-state index >= 15 is 0 Å². The minimum atomic E-state index is 0.121. The van der Waals surface area contributed by atoms with Crippen LogP contribution in [0.5, 0.6) is 0 Å². The summed E-state index contributed by atoms with van der Waals surface area (Å²) in [6.45, 7) is 3.55. The van der Waals surface area contributed by atoms with Crippen LogP contribution in [0.1, 0.15) is 38.2 Å². The zero-order valence-electron chi connectivity index (χ0n) is 10.7. The number of hydrogen-bond acceptors (Lipinski definition) is 2. The number of hydrogen-bond donors (Lipinski definition) is 2. The molecule has 1 aromatic rings. The smallest absolute Gasteiger partial charge is 0.0682 e. The molecule has 1 aromatic carbocycles. The molecule has 2 atom stereocenters. The Bertz CT molecular complexity index is 351. The third kappa shape index (κ3) is 3.74. The van der Waals surface area contributed by atoms with Crippen molar-refractivity contribution in [1.29, 1.82) is 0 Å². The molecule has 0 spiro atoms. The second kappa shape index (κ2) is 6.06. The molecule has 1 fully saturated rings. The van der Waals surface area contributed by atoms with Gasteiger partial charge < -0.3 is 10.4 Å². The average Bonchev–Trinajstić information content (AvgIpc) is 2.37. The Balaban J connectivity index is 1.84. The number of aliphatic hydroxyl groups is 1.